The van der Waals surface area contributed by atoms with E-state index in [1.54, 1.807) is 6.20 Å². The van der Waals surface area contributed by atoms with Crippen LogP contribution in [0.1, 0.15) is 32.1 Å². The predicted molar refractivity (Wildman–Crippen MR) is 87.2 cm³/mol. The van der Waals surface area contributed by atoms with Crippen LogP contribution < -0.4 is 10.6 Å². The minimum atomic E-state index is -0.240. The molecule has 0 aliphatic rings. The number of rotatable bonds is 5. The van der Waals surface area contributed by atoms with Gasteiger partial charge in [-0.25, -0.2) is 9.78 Å². The number of imidazole rings is 1. The Morgan fingerprint density at radius 1 is 1.38 bits per heavy atom. The van der Waals surface area contributed by atoms with E-state index in [-0.39, 0.29) is 12.1 Å². The molecule has 0 spiro atoms. The van der Waals surface area contributed by atoms with Gasteiger partial charge in [0, 0.05) is 29.1 Å². The number of benzene rings is 1. The van der Waals surface area contributed by atoms with E-state index in [1.807, 2.05) is 37.4 Å². The van der Waals surface area contributed by atoms with Crippen molar-refractivity contribution in [1.82, 2.24) is 14.9 Å². The zero-order chi connectivity index (χ0) is 15.2. The number of carbonyl (C=O) groups excluding carboxylic acids is 1. The van der Waals surface area contributed by atoms with E-state index in [0.717, 1.165) is 29.0 Å². The molecular formula is C15H19BrN4O. The largest absolute Gasteiger partial charge is 0.333 e. The molecule has 2 N–H and O–H groups in total. The highest BCUT2D eigenvalue weighted by Gasteiger charge is 2.14. The second-order valence-corrected chi connectivity index (χ2v) is 5.72. The Labute approximate surface area is 132 Å². The first-order valence-corrected chi connectivity index (χ1v) is 7.73. The van der Waals surface area contributed by atoms with Gasteiger partial charge in [0.05, 0.1) is 6.04 Å². The topological polar surface area (TPSA) is 59.0 Å². The summed E-state index contributed by atoms with van der Waals surface area (Å²) in [6, 6.07) is 7.05. The van der Waals surface area contributed by atoms with Crippen LogP contribution in [0.3, 0.4) is 0 Å². The number of hydrogen-bond acceptors (Lipinski definition) is 2. The van der Waals surface area contributed by atoms with Crippen LogP contribution in [0.5, 0.6) is 0 Å². The van der Waals surface area contributed by atoms with Crippen molar-refractivity contribution in [3.63, 3.8) is 0 Å². The van der Waals surface area contributed by atoms with Crippen LogP contribution in [0.25, 0.3) is 0 Å². The van der Waals surface area contributed by atoms with Crippen molar-refractivity contribution in [2.75, 3.05) is 5.32 Å². The average Bonchev–Trinajstić information content (AvgIpc) is 2.90. The number of amides is 2. The van der Waals surface area contributed by atoms with Crippen LogP contribution in [0.15, 0.2) is 41.1 Å². The van der Waals surface area contributed by atoms with E-state index in [9.17, 15) is 4.79 Å². The minimum Gasteiger partial charge on any atom is -0.333 e. The zero-order valence-corrected chi connectivity index (χ0v) is 13.7. The molecule has 0 aliphatic heterocycles. The molecule has 0 aliphatic carbocycles. The molecule has 1 aromatic carbocycles. The first-order valence-electron chi connectivity index (χ1n) is 6.94. The van der Waals surface area contributed by atoms with Gasteiger partial charge in [-0.1, -0.05) is 22.9 Å². The Hall–Kier alpha value is -1.82. The van der Waals surface area contributed by atoms with E-state index in [0.29, 0.717) is 0 Å². The van der Waals surface area contributed by atoms with E-state index < -0.39 is 0 Å². The van der Waals surface area contributed by atoms with Gasteiger partial charge < -0.3 is 15.2 Å². The lowest BCUT2D eigenvalue weighted by molar-refractivity contribution is 0.248. The summed E-state index contributed by atoms with van der Waals surface area (Å²) in [4.78, 5) is 16.3. The second kappa shape index (κ2) is 7.26. The molecule has 0 bridgehead atoms. The van der Waals surface area contributed by atoms with Crippen molar-refractivity contribution in [2.24, 2.45) is 0 Å². The Balaban J connectivity index is 1.95. The summed E-state index contributed by atoms with van der Waals surface area (Å²) < 4.78 is 3.04. The third-order valence-electron chi connectivity index (χ3n) is 3.05. The van der Waals surface area contributed by atoms with Crippen LogP contribution in [0, 0.1) is 0 Å². The van der Waals surface area contributed by atoms with Gasteiger partial charge in [0.2, 0.25) is 0 Å². The lowest BCUT2D eigenvalue weighted by Crippen LogP contribution is -2.32. The molecule has 21 heavy (non-hydrogen) atoms. The average molecular weight is 351 g/mol. The molecule has 2 amide bonds. The SMILES string of the molecule is CCCn1ccnc1C(C)NC(=O)Nc1ccc(Br)cc1. The summed E-state index contributed by atoms with van der Waals surface area (Å²) in [5, 5.41) is 5.70. The Bertz CT molecular complexity index is 594. The maximum Gasteiger partial charge on any atom is 0.319 e. The molecule has 5 nitrogen and oxygen atoms in total. The van der Waals surface area contributed by atoms with Gasteiger partial charge in [-0.15, -0.1) is 0 Å². The fraction of sp³-hybridized carbons (Fsp3) is 0.333. The van der Waals surface area contributed by atoms with Gasteiger partial charge in [-0.2, -0.15) is 0 Å². The molecular weight excluding hydrogens is 332 g/mol. The fourth-order valence-electron chi connectivity index (χ4n) is 2.09. The van der Waals surface area contributed by atoms with Gasteiger partial charge in [-0.3, -0.25) is 0 Å². The molecule has 1 unspecified atom stereocenters. The highest BCUT2D eigenvalue weighted by molar-refractivity contribution is 9.10. The monoisotopic (exact) mass is 350 g/mol. The molecule has 0 saturated carbocycles. The molecule has 1 heterocycles. The zero-order valence-electron chi connectivity index (χ0n) is 12.1. The van der Waals surface area contributed by atoms with Gasteiger partial charge >= 0.3 is 6.03 Å². The lowest BCUT2D eigenvalue weighted by atomic mass is 10.3. The highest BCUT2D eigenvalue weighted by Crippen LogP contribution is 2.15. The van der Waals surface area contributed by atoms with Crippen molar-refractivity contribution in [2.45, 2.75) is 32.9 Å². The summed E-state index contributed by atoms with van der Waals surface area (Å²) in [5.41, 5.74) is 0.750. The summed E-state index contributed by atoms with van der Waals surface area (Å²) >= 11 is 3.36. The van der Waals surface area contributed by atoms with Crippen molar-refractivity contribution in [3.8, 4) is 0 Å². The minimum absolute atomic E-state index is 0.151. The van der Waals surface area contributed by atoms with Crippen molar-refractivity contribution < 1.29 is 4.79 Å². The third-order valence-corrected chi connectivity index (χ3v) is 3.58. The number of nitrogens with one attached hydrogen (secondary N) is 2. The van der Waals surface area contributed by atoms with Crippen molar-refractivity contribution >= 4 is 27.6 Å². The van der Waals surface area contributed by atoms with Crippen molar-refractivity contribution in [3.05, 3.63) is 47.0 Å². The van der Waals surface area contributed by atoms with Gasteiger partial charge in [-0.05, 0) is 37.6 Å². The molecule has 2 aromatic rings. The molecule has 0 radical (unpaired) electrons. The quantitative estimate of drug-likeness (QED) is 0.857. The fourth-order valence-corrected chi connectivity index (χ4v) is 2.36. The second-order valence-electron chi connectivity index (χ2n) is 4.81. The molecule has 2 rings (SSSR count). The first-order chi connectivity index (χ1) is 10.1. The molecule has 6 heteroatoms. The van der Waals surface area contributed by atoms with E-state index >= 15 is 0 Å². The van der Waals surface area contributed by atoms with E-state index in [4.69, 9.17) is 0 Å². The highest BCUT2D eigenvalue weighted by atomic mass is 79.9. The Morgan fingerprint density at radius 2 is 2.10 bits per heavy atom. The summed E-state index contributed by atoms with van der Waals surface area (Å²) in [6.45, 7) is 4.94. The third kappa shape index (κ3) is 4.32. The molecule has 1 aromatic heterocycles. The molecule has 0 fully saturated rings. The van der Waals surface area contributed by atoms with E-state index in [2.05, 4.69) is 43.0 Å². The van der Waals surface area contributed by atoms with Crippen LogP contribution in [-0.2, 0) is 6.54 Å². The number of urea groups is 1. The van der Waals surface area contributed by atoms with Crippen LogP contribution in [0.4, 0.5) is 10.5 Å². The molecule has 112 valence electrons. The standard InChI is InChI=1S/C15H19BrN4O/c1-3-9-20-10-8-17-14(20)11(2)18-15(21)19-13-6-4-12(16)5-7-13/h4-8,10-11H,3,9H2,1-2H3,(H2,18,19,21). The van der Waals surface area contributed by atoms with Gasteiger partial charge in [0.25, 0.3) is 0 Å². The summed E-state index contributed by atoms with van der Waals surface area (Å²) in [6.07, 6.45) is 4.72. The first kappa shape index (κ1) is 15.6. The van der Waals surface area contributed by atoms with E-state index in [1.165, 1.54) is 0 Å². The number of halogens is 1. The summed E-state index contributed by atoms with van der Waals surface area (Å²) in [7, 11) is 0. The number of carbonyl (C=O) groups is 1. The Morgan fingerprint density at radius 3 is 2.76 bits per heavy atom. The normalized spacial score (nSPS) is 12.0. The van der Waals surface area contributed by atoms with Gasteiger partial charge in [0.15, 0.2) is 0 Å². The number of anilines is 1. The number of hydrogen-bond donors (Lipinski definition) is 2. The Kier molecular flexibility index (Phi) is 5.38. The summed E-state index contributed by atoms with van der Waals surface area (Å²) in [5.74, 6) is 0.864. The lowest BCUT2D eigenvalue weighted by Gasteiger charge is -2.16. The number of aromatic nitrogens is 2. The maximum atomic E-state index is 12.0. The van der Waals surface area contributed by atoms with Crippen LogP contribution >= 0.6 is 15.9 Å². The van der Waals surface area contributed by atoms with Crippen LogP contribution in [-0.4, -0.2) is 15.6 Å². The molecule has 0 saturated heterocycles. The smallest absolute Gasteiger partial charge is 0.319 e. The molecule has 1 atom stereocenters. The van der Waals surface area contributed by atoms with Crippen LogP contribution in [0.2, 0.25) is 0 Å². The predicted octanol–water partition coefficient (Wildman–Crippen LogP) is 3.94. The van der Waals surface area contributed by atoms with Crippen molar-refractivity contribution in [1.29, 1.82) is 0 Å². The van der Waals surface area contributed by atoms with Gasteiger partial charge in [0.1, 0.15) is 5.82 Å². The number of nitrogens with zero attached hydrogens (tertiary/aromatic N) is 2. The number of aryl methyl sites for hydroxylation is 1. The maximum absolute atomic E-state index is 12.0.